The van der Waals surface area contributed by atoms with Crippen molar-refractivity contribution in [3.8, 4) is 11.7 Å². The number of furan rings is 1. The quantitative estimate of drug-likeness (QED) is 0.878. The fourth-order valence-corrected chi connectivity index (χ4v) is 3.49. The van der Waals surface area contributed by atoms with E-state index in [1.54, 1.807) is 12.1 Å². The summed E-state index contributed by atoms with van der Waals surface area (Å²) in [7, 11) is -3.43. The van der Waals surface area contributed by atoms with Crippen LogP contribution in [0.2, 0.25) is 0 Å². The van der Waals surface area contributed by atoms with Crippen molar-refractivity contribution in [2.24, 2.45) is 0 Å². The molecule has 2 aromatic rings. The van der Waals surface area contributed by atoms with Crippen LogP contribution in [-0.4, -0.2) is 47.7 Å². The Labute approximate surface area is 126 Å². The number of sulfonamides is 1. The summed E-state index contributed by atoms with van der Waals surface area (Å²) in [5.74, 6) is 0.0240. The van der Waals surface area contributed by atoms with Gasteiger partial charge in [-0.2, -0.15) is 4.31 Å². The first kappa shape index (κ1) is 14.7. The van der Waals surface area contributed by atoms with Gasteiger partial charge in [-0.1, -0.05) is 5.10 Å². The fraction of sp³-hybridized carbons (Fsp3) is 0.417. The van der Waals surface area contributed by atoms with Gasteiger partial charge in [0.05, 0.1) is 12.5 Å². The number of amides is 1. The highest BCUT2D eigenvalue weighted by Gasteiger charge is 2.37. The molecule has 3 heterocycles. The fourth-order valence-electron chi connectivity index (χ4n) is 2.36. The Morgan fingerprint density at radius 2 is 2.27 bits per heavy atom. The van der Waals surface area contributed by atoms with Gasteiger partial charge in [0.2, 0.25) is 15.9 Å². The monoisotopic (exact) mass is 326 g/mol. The number of nitrogens with zero attached hydrogens (tertiary/aromatic N) is 3. The molecule has 1 aliphatic rings. The number of carbonyl (C=O) groups is 1. The van der Waals surface area contributed by atoms with Gasteiger partial charge in [0, 0.05) is 6.54 Å². The molecule has 118 valence electrons. The van der Waals surface area contributed by atoms with Gasteiger partial charge >= 0.3 is 6.01 Å². The van der Waals surface area contributed by atoms with Crippen LogP contribution in [0.5, 0.6) is 0 Å². The Hall–Kier alpha value is -2.20. The average molecular weight is 326 g/mol. The molecule has 0 spiro atoms. The summed E-state index contributed by atoms with van der Waals surface area (Å²) in [4.78, 5) is 12.2. The third-order valence-electron chi connectivity index (χ3n) is 3.32. The van der Waals surface area contributed by atoms with Gasteiger partial charge in [0.1, 0.15) is 6.04 Å². The number of hydrogen-bond acceptors (Lipinski definition) is 7. The van der Waals surface area contributed by atoms with Crippen molar-refractivity contribution in [1.82, 2.24) is 14.5 Å². The molecular weight excluding hydrogens is 312 g/mol. The minimum atomic E-state index is -3.43. The highest BCUT2D eigenvalue weighted by molar-refractivity contribution is 7.88. The molecule has 1 fully saturated rings. The first-order valence-electron chi connectivity index (χ1n) is 6.60. The second-order valence-corrected chi connectivity index (χ2v) is 6.85. The predicted molar refractivity (Wildman–Crippen MR) is 75.2 cm³/mol. The molecule has 0 radical (unpaired) electrons. The number of carbonyl (C=O) groups excluding carboxylic acids is 1. The van der Waals surface area contributed by atoms with Gasteiger partial charge < -0.3 is 8.83 Å². The molecule has 1 unspecified atom stereocenters. The first-order valence-corrected chi connectivity index (χ1v) is 8.45. The van der Waals surface area contributed by atoms with Crippen LogP contribution in [0, 0.1) is 0 Å². The SMILES string of the molecule is CS(=O)(=O)N1CCCC1C(=O)Nc1nnc(-c2ccco2)o1. The van der Waals surface area contributed by atoms with E-state index in [-0.39, 0.29) is 11.9 Å². The van der Waals surface area contributed by atoms with E-state index in [2.05, 4.69) is 15.5 Å². The van der Waals surface area contributed by atoms with Crippen molar-refractivity contribution in [3.63, 3.8) is 0 Å². The molecule has 1 N–H and O–H groups in total. The Kier molecular flexibility index (Phi) is 3.71. The molecule has 22 heavy (non-hydrogen) atoms. The number of nitrogens with one attached hydrogen (secondary N) is 1. The van der Waals surface area contributed by atoms with Gasteiger partial charge in [-0.3, -0.25) is 10.1 Å². The lowest BCUT2D eigenvalue weighted by Crippen LogP contribution is -2.42. The van der Waals surface area contributed by atoms with Crippen molar-refractivity contribution < 1.29 is 22.0 Å². The van der Waals surface area contributed by atoms with E-state index in [1.807, 2.05) is 0 Å². The summed E-state index contributed by atoms with van der Waals surface area (Å²) in [6.07, 6.45) is 3.63. The number of aromatic nitrogens is 2. The van der Waals surface area contributed by atoms with Gasteiger partial charge in [0.25, 0.3) is 5.89 Å². The number of anilines is 1. The molecule has 3 rings (SSSR count). The Morgan fingerprint density at radius 3 is 2.95 bits per heavy atom. The standard InChI is InChI=1S/C12H14N4O5S/c1-22(18,19)16-6-2-4-8(16)10(17)13-12-15-14-11(21-12)9-5-3-7-20-9/h3,5,7-8H,2,4,6H2,1H3,(H,13,15,17). The number of rotatable bonds is 4. The van der Waals surface area contributed by atoms with Crippen LogP contribution in [0.25, 0.3) is 11.7 Å². The lowest BCUT2D eigenvalue weighted by Gasteiger charge is -2.20. The molecule has 10 heteroatoms. The predicted octanol–water partition coefficient (Wildman–Crippen LogP) is 0.692. The van der Waals surface area contributed by atoms with Crippen LogP contribution in [-0.2, 0) is 14.8 Å². The van der Waals surface area contributed by atoms with E-state index in [0.29, 0.717) is 25.1 Å². The van der Waals surface area contributed by atoms with Crippen LogP contribution in [0.4, 0.5) is 6.01 Å². The lowest BCUT2D eigenvalue weighted by atomic mass is 10.2. The Morgan fingerprint density at radius 1 is 1.45 bits per heavy atom. The molecule has 0 aliphatic carbocycles. The smallest absolute Gasteiger partial charge is 0.322 e. The van der Waals surface area contributed by atoms with Crippen LogP contribution < -0.4 is 5.32 Å². The summed E-state index contributed by atoms with van der Waals surface area (Å²) in [6.45, 7) is 0.332. The van der Waals surface area contributed by atoms with Gasteiger partial charge in [-0.05, 0) is 25.0 Å². The summed E-state index contributed by atoms with van der Waals surface area (Å²) in [6, 6.07) is 2.45. The van der Waals surface area contributed by atoms with Gasteiger partial charge in [-0.15, -0.1) is 5.10 Å². The molecule has 1 aliphatic heterocycles. The van der Waals surface area contributed by atoms with Crippen LogP contribution in [0.15, 0.2) is 27.2 Å². The Balaban J connectivity index is 1.72. The molecule has 1 saturated heterocycles. The van der Waals surface area contributed by atoms with Crippen LogP contribution in [0.1, 0.15) is 12.8 Å². The third kappa shape index (κ3) is 2.88. The third-order valence-corrected chi connectivity index (χ3v) is 4.61. The lowest BCUT2D eigenvalue weighted by molar-refractivity contribution is -0.119. The zero-order valence-corrected chi connectivity index (χ0v) is 12.5. The molecule has 9 nitrogen and oxygen atoms in total. The van der Waals surface area contributed by atoms with E-state index >= 15 is 0 Å². The Bertz CT molecular complexity index is 767. The summed E-state index contributed by atoms with van der Waals surface area (Å²) < 4.78 is 34.8. The van der Waals surface area contributed by atoms with E-state index in [1.165, 1.54) is 10.6 Å². The molecule has 2 aromatic heterocycles. The maximum atomic E-state index is 12.2. The van der Waals surface area contributed by atoms with Gasteiger partial charge in [0.15, 0.2) is 5.76 Å². The second kappa shape index (κ2) is 5.54. The zero-order chi connectivity index (χ0) is 15.7. The van der Waals surface area contributed by atoms with E-state index < -0.39 is 22.0 Å². The zero-order valence-electron chi connectivity index (χ0n) is 11.7. The highest BCUT2D eigenvalue weighted by atomic mass is 32.2. The minimum Gasteiger partial charge on any atom is -0.459 e. The minimum absolute atomic E-state index is 0.100. The first-order chi connectivity index (χ1) is 10.4. The van der Waals surface area contributed by atoms with E-state index in [9.17, 15) is 13.2 Å². The van der Waals surface area contributed by atoms with E-state index in [0.717, 1.165) is 6.26 Å². The summed E-state index contributed by atoms with van der Waals surface area (Å²) >= 11 is 0. The normalized spacial score (nSPS) is 19.4. The van der Waals surface area contributed by atoms with Crippen molar-refractivity contribution in [2.45, 2.75) is 18.9 Å². The highest BCUT2D eigenvalue weighted by Crippen LogP contribution is 2.23. The van der Waals surface area contributed by atoms with Gasteiger partial charge in [-0.25, -0.2) is 8.42 Å². The molecule has 1 amide bonds. The van der Waals surface area contributed by atoms with Crippen molar-refractivity contribution in [3.05, 3.63) is 18.4 Å². The molecule has 1 atom stereocenters. The van der Waals surface area contributed by atoms with Crippen LogP contribution >= 0.6 is 0 Å². The largest absolute Gasteiger partial charge is 0.459 e. The topological polar surface area (TPSA) is 119 Å². The molecular formula is C12H14N4O5S. The second-order valence-electron chi connectivity index (χ2n) is 4.91. The van der Waals surface area contributed by atoms with Crippen LogP contribution in [0.3, 0.4) is 0 Å². The van der Waals surface area contributed by atoms with Crippen molar-refractivity contribution in [2.75, 3.05) is 18.1 Å². The van der Waals surface area contributed by atoms with Crippen molar-refractivity contribution in [1.29, 1.82) is 0 Å². The molecule has 0 bridgehead atoms. The maximum Gasteiger partial charge on any atom is 0.322 e. The number of hydrogen-bond donors (Lipinski definition) is 1. The summed E-state index contributed by atoms with van der Waals surface area (Å²) in [5.41, 5.74) is 0. The van der Waals surface area contributed by atoms with E-state index in [4.69, 9.17) is 8.83 Å². The van der Waals surface area contributed by atoms with Crippen molar-refractivity contribution >= 4 is 21.9 Å². The molecule has 0 saturated carbocycles. The summed E-state index contributed by atoms with van der Waals surface area (Å²) in [5, 5.41) is 9.88. The average Bonchev–Trinajstić information content (AvgIpc) is 3.19. The molecule has 0 aromatic carbocycles. The maximum absolute atomic E-state index is 12.2.